The molecule has 0 aliphatic carbocycles. The van der Waals surface area contributed by atoms with Gasteiger partial charge in [0.15, 0.2) is 0 Å². The average molecular weight is 275 g/mol. The minimum atomic E-state index is -0.537. The number of hydrogen-bond donors (Lipinski definition) is 3. The van der Waals surface area contributed by atoms with Crippen molar-refractivity contribution >= 4 is 11.8 Å². The van der Waals surface area contributed by atoms with E-state index in [-0.39, 0.29) is 19.1 Å². The molecule has 0 fully saturated rings. The van der Waals surface area contributed by atoms with Crippen LogP contribution < -0.4 is 16.8 Å². The summed E-state index contributed by atoms with van der Waals surface area (Å²) in [7, 11) is 0. The fourth-order valence-electron chi connectivity index (χ4n) is 1.37. The van der Waals surface area contributed by atoms with Crippen molar-refractivity contribution in [3.05, 3.63) is 35.4 Å². The molecule has 1 rings (SSSR count). The number of carbonyl (C=O) groups is 2. The molecule has 5 N–H and O–H groups in total. The van der Waals surface area contributed by atoms with Crippen LogP contribution in [0.2, 0.25) is 0 Å². The van der Waals surface area contributed by atoms with Gasteiger partial charge in [0.05, 0.1) is 13.2 Å². The van der Waals surface area contributed by atoms with Crippen LogP contribution in [0.5, 0.6) is 0 Å². The van der Waals surface area contributed by atoms with E-state index in [1.807, 2.05) is 0 Å². The summed E-state index contributed by atoms with van der Waals surface area (Å²) >= 11 is 0. The van der Waals surface area contributed by atoms with Crippen LogP contribution in [-0.2, 0) is 9.53 Å². The molecule has 6 heteroatoms. The van der Waals surface area contributed by atoms with Crippen LogP contribution in [0.3, 0.4) is 0 Å². The fraction of sp³-hybridized carbons (Fsp3) is 0.286. The van der Waals surface area contributed by atoms with E-state index in [1.54, 1.807) is 24.3 Å². The van der Waals surface area contributed by atoms with Gasteiger partial charge in [-0.05, 0) is 24.3 Å². The second kappa shape index (κ2) is 8.69. The van der Waals surface area contributed by atoms with Gasteiger partial charge in [0, 0.05) is 17.7 Å². The Morgan fingerprint density at radius 2 is 1.95 bits per heavy atom. The lowest BCUT2D eigenvalue weighted by atomic mass is 10.1. The van der Waals surface area contributed by atoms with E-state index in [2.05, 4.69) is 17.2 Å². The molecule has 20 heavy (non-hydrogen) atoms. The van der Waals surface area contributed by atoms with E-state index in [9.17, 15) is 9.59 Å². The first kappa shape index (κ1) is 15.7. The second-order valence-electron chi connectivity index (χ2n) is 3.86. The predicted octanol–water partition coefficient (Wildman–Crippen LogP) is -0.771. The van der Waals surface area contributed by atoms with Crippen molar-refractivity contribution in [2.45, 2.75) is 0 Å². The molecule has 106 valence electrons. The van der Waals surface area contributed by atoms with Crippen LogP contribution in [0.15, 0.2) is 24.3 Å². The molecule has 0 saturated heterocycles. The van der Waals surface area contributed by atoms with Crippen LogP contribution in [-0.4, -0.2) is 38.1 Å². The normalized spacial score (nSPS) is 9.45. The number of rotatable bonds is 6. The number of hydrogen-bond acceptors (Lipinski definition) is 4. The molecule has 0 heterocycles. The summed E-state index contributed by atoms with van der Waals surface area (Å²) in [5, 5.41) is 2.66. The van der Waals surface area contributed by atoms with E-state index in [0.29, 0.717) is 18.7 Å². The molecule has 0 atom stereocenters. The summed E-state index contributed by atoms with van der Waals surface area (Å²) in [6, 6.07) is 6.86. The van der Waals surface area contributed by atoms with Gasteiger partial charge in [-0.2, -0.15) is 0 Å². The van der Waals surface area contributed by atoms with Gasteiger partial charge in [0.25, 0.3) is 5.91 Å². The Morgan fingerprint density at radius 3 is 2.55 bits per heavy atom. The molecule has 0 radical (unpaired) electrons. The zero-order chi connectivity index (χ0) is 14.8. The Morgan fingerprint density at radius 1 is 1.25 bits per heavy atom. The van der Waals surface area contributed by atoms with Crippen LogP contribution in [0.1, 0.15) is 15.9 Å². The summed E-state index contributed by atoms with van der Waals surface area (Å²) in [5.41, 5.74) is 11.5. The highest BCUT2D eigenvalue weighted by Crippen LogP contribution is 2.03. The van der Waals surface area contributed by atoms with Crippen LogP contribution in [0, 0.1) is 11.8 Å². The number of amides is 2. The van der Waals surface area contributed by atoms with Crippen molar-refractivity contribution in [1.29, 1.82) is 0 Å². The highest BCUT2D eigenvalue weighted by Gasteiger charge is 2.04. The number of nitrogens with two attached hydrogens (primary N) is 2. The monoisotopic (exact) mass is 275 g/mol. The maximum absolute atomic E-state index is 11.8. The number of primary amides is 1. The largest absolute Gasteiger partial charge is 0.370 e. The topological polar surface area (TPSA) is 107 Å². The predicted molar refractivity (Wildman–Crippen MR) is 74.7 cm³/mol. The molecule has 2 amide bonds. The van der Waals surface area contributed by atoms with Gasteiger partial charge >= 0.3 is 0 Å². The van der Waals surface area contributed by atoms with Gasteiger partial charge in [-0.1, -0.05) is 11.8 Å². The lowest BCUT2D eigenvalue weighted by Gasteiger charge is -2.05. The van der Waals surface area contributed by atoms with Crippen molar-refractivity contribution in [3.63, 3.8) is 0 Å². The molecule has 0 aromatic heterocycles. The van der Waals surface area contributed by atoms with E-state index >= 15 is 0 Å². The summed E-state index contributed by atoms with van der Waals surface area (Å²) in [6.45, 7) is 0.688. The zero-order valence-corrected chi connectivity index (χ0v) is 11.0. The van der Waals surface area contributed by atoms with Crippen molar-refractivity contribution in [3.8, 4) is 11.8 Å². The number of benzene rings is 1. The lowest BCUT2D eigenvalue weighted by Crippen LogP contribution is -2.28. The molecule has 0 bridgehead atoms. The highest BCUT2D eigenvalue weighted by molar-refractivity contribution is 5.94. The van der Waals surface area contributed by atoms with E-state index in [4.69, 9.17) is 16.2 Å². The van der Waals surface area contributed by atoms with Crippen molar-refractivity contribution in [1.82, 2.24) is 5.32 Å². The quantitative estimate of drug-likeness (QED) is 0.468. The number of carbonyl (C=O) groups excluding carboxylic acids is 2. The van der Waals surface area contributed by atoms with Crippen molar-refractivity contribution in [2.75, 3.05) is 26.3 Å². The van der Waals surface area contributed by atoms with Crippen LogP contribution in [0.4, 0.5) is 0 Å². The molecular weight excluding hydrogens is 258 g/mol. The number of nitrogens with one attached hydrogen (secondary N) is 1. The van der Waals surface area contributed by atoms with Crippen LogP contribution in [0.25, 0.3) is 0 Å². The minimum absolute atomic E-state index is 0.148. The Kier molecular flexibility index (Phi) is 6.82. The molecule has 1 aromatic carbocycles. The Bertz CT molecular complexity index is 515. The van der Waals surface area contributed by atoms with Gasteiger partial charge in [-0.25, -0.2) is 0 Å². The molecule has 0 aliphatic heterocycles. The molecule has 0 unspecified atom stereocenters. The Labute approximate surface area is 117 Å². The molecule has 6 nitrogen and oxygen atoms in total. The standard InChI is InChI=1S/C14H17N3O3/c15-7-1-2-11-3-5-12(6-4-11)14(19)17-8-9-20-10-13(16)18/h3-6H,7-10,15H2,(H2,16,18)(H,17,19). The van der Waals surface area contributed by atoms with Gasteiger partial charge in [0.1, 0.15) is 6.61 Å². The minimum Gasteiger partial charge on any atom is -0.370 e. The summed E-state index contributed by atoms with van der Waals surface area (Å²) in [5.74, 6) is 4.85. The Hall–Kier alpha value is -2.36. The summed E-state index contributed by atoms with van der Waals surface area (Å²) < 4.78 is 4.93. The molecule has 1 aromatic rings. The average Bonchev–Trinajstić information content (AvgIpc) is 2.44. The lowest BCUT2D eigenvalue weighted by molar-refractivity contribution is -0.122. The van der Waals surface area contributed by atoms with Crippen molar-refractivity contribution in [2.24, 2.45) is 11.5 Å². The SMILES string of the molecule is NCC#Cc1ccc(C(=O)NCCOCC(N)=O)cc1. The maximum atomic E-state index is 11.8. The molecule has 0 saturated carbocycles. The number of ether oxygens (including phenoxy) is 1. The van der Waals surface area contributed by atoms with E-state index < -0.39 is 5.91 Å². The summed E-state index contributed by atoms with van der Waals surface area (Å²) in [6.07, 6.45) is 0. The van der Waals surface area contributed by atoms with Crippen molar-refractivity contribution < 1.29 is 14.3 Å². The van der Waals surface area contributed by atoms with Gasteiger partial charge in [-0.3, -0.25) is 9.59 Å². The zero-order valence-electron chi connectivity index (χ0n) is 11.0. The first-order chi connectivity index (χ1) is 9.63. The maximum Gasteiger partial charge on any atom is 0.251 e. The van der Waals surface area contributed by atoms with Gasteiger partial charge < -0.3 is 21.5 Å². The Balaban J connectivity index is 2.38. The summed E-state index contributed by atoms with van der Waals surface area (Å²) in [4.78, 5) is 22.2. The van der Waals surface area contributed by atoms with Gasteiger partial charge in [-0.15, -0.1) is 0 Å². The van der Waals surface area contributed by atoms with E-state index in [1.165, 1.54) is 0 Å². The highest BCUT2D eigenvalue weighted by atomic mass is 16.5. The first-order valence-corrected chi connectivity index (χ1v) is 6.06. The fourth-order valence-corrected chi connectivity index (χ4v) is 1.37. The smallest absolute Gasteiger partial charge is 0.251 e. The van der Waals surface area contributed by atoms with Gasteiger partial charge in [0.2, 0.25) is 5.91 Å². The molecular formula is C14H17N3O3. The molecule has 0 aliphatic rings. The van der Waals surface area contributed by atoms with Crippen LogP contribution >= 0.6 is 0 Å². The third-order valence-electron chi connectivity index (χ3n) is 2.26. The van der Waals surface area contributed by atoms with E-state index in [0.717, 1.165) is 5.56 Å². The molecule has 0 spiro atoms. The third kappa shape index (κ3) is 6.00. The first-order valence-electron chi connectivity index (χ1n) is 6.06. The third-order valence-corrected chi connectivity index (χ3v) is 2.26. The second-order valence-corrected chi connectivity index (χ2v) is 3.86.